The second kappa shape index (κ2) is 40.3. The van der Waals surface area contributed by atoms with Gasteiger partial charge in [0.2, 0.25) is 0 Å². The number of hydrogen-bond donors (Lipinski definition) is 7. The van der Waals surface area contributed by atoms with E-state index in [-0.39, 0.29) is 26.1 Å². The van der Waals surface area contributed by atoms with Crippen LogP contribution in [-0.2, 0) is 38.0 Å². The SMILES string of the molecule is CCCCC/C=C/C/C=C/C/C=C/CCCCCCC(=O)OC[C@@H](CO[C@@H]1O[C@H](CO[C@@H]2O[C@H](CO)[C@H](O)C(O)C2O)[C@H](O)C(O)C1O)OC(=O)CCCCCCCCCCCCCCCCC. The molecule has 0 aromatic rings. The first-order valence-corrected chi connectivity index (χ1v) is 26.6. The summed E-state index contributed by atoms with van der Waals surface area (Å²) in [6.45, 7) is 2.55. The second-order valence-corrected chi connectivity index (χ2v) is 18.7. The molecule has 0 aromatic heterocycles. The summed E-state index contributed by atoms with van der Waals surface area (Å²) in [4.78, 5) is 25.8. The Hall–Kier alpha value is -2.28. The minimum Gasteiger partial charge on any atom is -0.462 e. The number of carbonyl (C=O) groups is 2. The standard InChI is InChI=1S/C53H94O15/c1-3-5-7-9-11-13-15-17-19-20-22-23-25-27-29-31-33-35-44(55)63-38-41(66-45(56)36-34-32-30-28-26-24-21-18-16-14-12-10-8-6-4-2)39-64-52-51(62)49(60)47(58)43(68-52)40-65-53-50(61)48(59)46(57)42(37-54)67-53/h11,13,17,19,22-23,41-43,46-54,57-62H,3-10,12,14-16,18,20-21,24-40H2,1-2H3/b13-11+,19-17+,23-22+/t41-,42+,43+,46-,47-,48?,49?,50?,51?,52+,53+/m0/s1. The van der Waals surface area contributed by atoms with Crippen molar-refractivity contribution < 1.29 is 73.8 Å². The number of hydrogen-bond acceptors (Lipinski definition) is 15. The first kappa shape index (κ1) is 61.8. The van der Waals surface area contributed by atoms with Gasteiger partial charge >= 0.3 is 11.9 Å². The third-order valence-corrected chi connectivity index (χ3v) is 12.6. The molecular weight excluding hydrogens is 877 g/mol. The van der Waals surface area contributed by atoms with E-state index in [1.54, 1.807) is 0 Å². The molecule has 2 heterocycles. The van der Waals surface area contributed by atoms with Crippen molar-refractivity contribution in [2.45, 2.75) is 261 Å². The monoisotopic (exact) mass is 971 g/mol. The molecule has 0 aliphatic carbocycles. The topological polar surface area (TPSA) is 231 Å². The molecule has 2 saturated heterocycles. The average Bonchev–Trinajstić information content (AvgIpc) is 3.33. The lowest BCUT2D eigenvalue weighted by Crippen LogP contribution is -2.61. The molecule has 15 heteroatoms. The van der Waals surface area contributed by atoms with Crippen LogP contribution in [0.5, 0.6) is 0 Å². The normalized spacial score (nSPS) is 26.0. The highest BCUT2D eigenvalue weighted by atomic mass is 16.7. The number of ether oxygens (including phenoxy) is 6. The maximum atomic E-state index is 13.0. The van der Waals surface area contributed by atoms with Crippen molar-refractivity contribution in [3.63, 3.8) is 0 Å². The third-order valence-electron chi connectivity index (χ3n) is 12.6. The largest absolute Gasteiger partial charge is 0.462 e. The third kappa shape index (κ3) is 27.9. The molecule has 0 spiro atoms. The van der Waals surface area contributed by atoms with Crippen LogP contribution >= 0.6 is 0 Å². The van der Waals surface area contributed by atoms with Crippen molar-refractivity contribution in [1.29, 1.82) is 0 Å². The first-order chi connectivity index (χ1) is 33.0. The van der Waals surface area contributed by atoms with E-state index in [9.17, 15) is 45.3 Å². The molecule has 0 bridgehead atoms. The van der Waals surface area contributed by atoms with Gasteiger partial charge in [-0.2, -0.15) is 0 Å². The number of allylic oxidation sites excluding steroid dienone is 6. The summed E-state index contributed by atoms with van der Waals surface area (Å²) in [6.07, 6.45) is 25.9. The van der Waals surface area contributed by atoms with Crippen molar-refractivity contribution in [1.82, 2.24) is 0 Å². The van der Waals surface area contributed by atoms with E-state index >= 15 is 0 Å². The van der Waals surface area contributed by atoms with Gasteiger partial charge in [0, 0.05) is 12.8 Å². The lowest BCUT2D eigenvalue weighted by Gasteiger charge is -2.42. The van der Waals surface area contributed by atoms with Crippen LogP contribution in [-0.4, -0.2) is 142 Å². The van der Waals surface area contributed by atoms with E-state index < -0.39 is 92.7 Å². The Kier molecular flexibility index (Phi) is 36.7. The Morgan fingerprint density at radius 1 is 0.471 bits per heavy atom. The highest BCUT2D eigenvalue weighted by molar-refractivity contribution is 5.70. The van der Waals surface area contributed by atoms with Gasteiger partial charge in [-0.25, -0.2) is 0 Å². The number of rotatable bonds is 41. The maximum absolute atomic E-state index is 13.0. The summed E-state index contributed by atoms with van der Waals surface area (Å²) in [7, 11) is 0. The number of unbranched alkanes of at least 4 members (excludes halogenated alkanes) is 21. The summed E-state index contributed by atoms with van der Waals surface area (Å²) in [5.74, 6) is -0.944. The maximum Gasteiger partial charge on any atom is 0.306 e. The lowest BCUT2D eigenvalue weighted by atomic mass is 9.98. The van der Waals surface area contributed by atoms with Crippen molar-refractivity contribution >= 4 is 11.9 Å². The van der Waals surface area contributed by atoms with E-state index in [4.69, 9.17) is 28.4 Å². The van der Waals surface area contributed by atoms with E-state index in [1.807, 2.05) is 0 Å². The van der Waals surface area contributed by atoms with E-state index in [0.717, 1.165) is 64.2 Å². The van der Waals surface area contributed by atoms with Crippen LogP contribution in [0.1, 0.15) is 194 Å². The zero-order chi connectivity index (χ0) is 49.6. The zero-order valence-electron chi connectivity index (χ0n) is 41.8. The molecule has 11 atom stereocenters. The second-order valence-electron chi connectivity index (χ2n) is 18.7. The van der Waals surface area contributed by atoms with Crippen molar-refractivity contribution in [2.24, 2.45) is 0 Å². The van der Waals surface area contributed by atoms with E-state index in [2.05, 4.69) is 50.3 Å². The smallest absolute Gasteiger partial charge is 0.306 e. The summed E-state index contributed by atoms with van der Waals surface area (Å²) in [5.41, 5.74) is 0. The summed E-state index contributed by atoms with van der Waals surface area (Å²) in [5, 5.41) is 72.1. The quantitative estimate of drug-likeness (QED) is 0.0177. The highest BCUT2D eigenvalue weighted by Crippen LogP contribution is 2.26. The fourth-order valence-electron chi connectivity index (χ4n) is 8.22. The van der Waals surface area contributed by atoms with Crippen LogP contribution in [0.25, 0.3) is 0 Å². The molecule has 2 aliphatic heterocycles. The molecule has 2 fully saturated rings. The van der Waals surface area contributed by atoms with Crippen molar-refractivity contribution in [3.8, 4) is 0 Å². The van der Waals surface area contributed by atoms with Crippen LogP contribution < -0.4 is 0 Å². The van der Waals surface area contributed by atoms with E-state index in [0.29, 0.717) is 12.8 Å². The van der Waals surface area contributed by atoms with Gasteiger partial charge in [0.1, 0.15) is 55.4 Å². The lowest BCUT2D eigenvalue weighted by molar-refractivity contribution is -0.332. The van der Waals surface area contributed by atoms with Gasteiger partial charge in [-0.3, -0.25) is 9.59 Å². The molecule has 0 radical (unpaired) electrons. The molecule has 396 valence electrons. The van der Waals surface area contributed by atoms with Gasteiger partial charge in [-0.05, 0) is 51.4 Å². The minimum atomic E-state index is -1.77. The highest BCUT2D eigenvalue weighted by Gasteiger charge is 2.47. The van der Waals surface area contributed by atoms with Gasteiger partial charge in [0.25, 0.3) is 0 Å². The molecule has 68 heavy (non-hydrogen) atoms. The average molecular weight is 971 g/mol. The zero-order valence-corrected chi connectivity index (χ0v) is 41.8. The van der Waals surface area contributed by atoms with Gasteiger partial charge in [0.15, 0.2) is 18.7 Å². The Balaban J connectivity index is 1.81. The number of aliphatic hydroxyl groups excluding tert-OH is 7. The molecule has 4 unspecified atom stereocenters. The molecule has 2 rings (SSSR count). The molecule has 15 nitrogen and oxygen atoms in total. The van der Waals surface area contributed by atoms with Gasteiger partial charge in [-0.1, -0.05) is 166 Å². The molecule has 2 aliphatic rings. The fraction of sp³-hybridized carbons (Fsp3) is 0.849. The van der Waals surface area contributed by atoms with Gasteiger partial charge in [-0.15, -0.1) is 0 Å². The van der Waals surface area contributed by atoms with Crippen LogP contribution in [0.2, 0.25) is 0 Å². The Morgan fingerprint density at radius 2 is 0.882 bits per heavy atom. The minimum absolute atomic E-state index is 0.163. The summed E-state index contributed by atoms with van der Waals surface area (Å²) in [6, 6.07) is 0. The van der Waals surface area contributed by atoms with Crippen LogP contribution in [0.15, 0.2) is 36.5 Å². The Labute approximate surface area is 408 Å². The number of esters is 2. The summed E-state index contributed by atoms with van der Waals surface area (Å²) >= 11 is 0. The Bertz CT molecular complexity index is 1330. The number of aliphatic hydroxyl groups is 7. The molecule has 0 saturated carbocycles. The van der Waals surface area contributed by atoms with Crippen molar-refractivity contribution in [2.75, 3.05) is 26.4 Å². The predicted octanol–water partition coefficient (Wildman–Crippen LogP) is 7.71. The van der Waals surface area contributed by atoms with Crippen molar-refractivity contribution in [3.05, 3.63) is 36.5 Å². The first-order valence-electron chi connectivity index (χ1n) is 26.6. The molecular formula is C53H94O15. The van der Waals surface area contributed by atoms with Gasteiger partial charge in [0.05, 0.1) is 19.8 Å². The molecule has 0 amide bonds. The fourth-order valence-corrected chi connectivity index (χ4v) is 8.22. The van der Waals surface area contributed by atoms with E-state index in [1.165, 1.54) is 89.9 Å². The van der Waals surface area contributed by atoms with Crippen LogP contribution in [0.4, 0.5) is 0 Å². The van der Waals surface area contributed by atoms with Crippen LogP contribution in [0.3, 0.4) is 0 Å². The predicted molar refractivity (Wildman–Crippen MR) is 261 cm³/mol. The molecule has 7 N–H and O–H groups in total. The summed E-state index contributed by atoms with van der Waals surface area (Å²) < 4.78 is 33.6. The Morgan fingerprint density at radius 3 is 1.41 bits per heavy atom. The number of carbonyl (C=O) groups excluding carboxylic acids is 2. The van der Waals surface area contributed by atoms with Gasteiger partial charge < -0.3 is 64.2 Å². The van der Waals surface area contributed by atoms with Crippen LogP contribution in [0, 0.1) is 0 Å². The molecule has 0 aromatic carbocycles.